The third kappa shape index (κ3) is 6.24. The topological polar surface area (TPSA) is 130 Å². The van der Waals surface area contributed by atoms with Crippen LogP contribution >= 0.6 is 0 Å². The molecule has 1 aromatic carbocycles. The van der Waals surface area contributed by atoms with Crippen molar-refractivity contribution in [3.8, 4) is 11.1 Å². The number of benzene rings is 1. The van der Waals surface area contributed by atoms with Gasteiger partial charge in [-0.15, -0.1) is 0 Å². The Morgan fingerprint density at radius 2 is 1.63 bits per heavy atom. The molecule has 3 saturated heterocycles. The highest BCUT2D eigenvalue weighted by Gasteiger charge is 2.30. The number of likely N-dealkylation sites (tertiary alicyclic amines) is 1. The summed E-state index contributed by atoms with van der Waals surface area (Å²) in [4.78, 5) is 40.3. The minimum absolute atomic E-state index is 0.0686. The number of carbonyl (C=O) groups excluding carboxylic acids is 1. The highest BCUT2D eigenvalue weighted by atomic mass is 32.2. The molecule has 2 amide bonds. The molecule has 0 atom stereocenters. The van der Waals surface area contributed by atoms with Gasteiger partial charge in [0.05, 0.1) is 19.5 Å². The zero-order valence-electron chi connectivity index (χ0n) is 24.7. The first-order chi connectivity index (χ1) is 20.7. The maximum Gasteiger partial charge on any atom is 0.320 e. The minimum atomic E-state index is -3.30. The minimum Gasteiger partial charge on any atom is -0.378 e. The third-order valence-corrected chi connectivity index (χ3v) is 10.1. The highest BCUT2D eigenvalue weighted by Crippen LogP contribution is 2.30. The first kappa shape index (κ1) is 29.5. The van der Waals surface area contributed by atoms with Crippen molar-refractivity contribution >= 4 is 33.0 Å². The number of pyridine rings is 1. The van der Waals surface area contributed by atoms with Gasteiger partial charge < -0.3 is 19.9 Å². The van der Waals surface area contributed by atoms with E-state index in [4.69, 9.17) is 9.72 Å². The van der Waals surface area contributed by atoms with Gasteiger partial charge >= 0.3 is 6.03 Å². The number of aromatic nitrogens is 3. The smallest absolute Gasteiger partial charge is 0.320 e. The van der Waals surface area contributed by atoms with Gasteiger partial charge in [0.1, 0.15) is 5.65 Å². The lowest BCUT2D eigenvalue weighted by atomic mass is 9.99. The number of fused-ring (bicyclic) bond motifs is 1. The van der Waals surface area contributed by atoms with Crippen LogP contribution in [0.4, 0.5) is 10.7 Å². The van der Waals surface area contributed by atoms with Crippen LogP contribution in [-0.4, -0.2) is 108 Å². The Bertz CT molecular complexity index is 1660. The number of aryl methyl sites for hydroxylation is 1. The molecule has 0 radical (unpaired) electrons. The quantitative estimate of drug-likeness (QED) is 0.468. The Balaban J connectivity index is 1.27. The standard InChI is InChI=1S/C30H39N7O5S/c1-21-5-3-4-6-25(21)26-19-22-20-31-29(32-23-7-11-34(12-8-23)30(39)35-15-17-42-18-16-35)33-27(22)37(28(26)38)24-9-13-36(14-10-24)43(2,40)41/h3-6,19-20,23-24H,7-18H2,1-2H3,(H,31,32,33). The summed E-state index contributed by atoms with van der Waals surface area (Å²) >= 11 is 0. The van der Waals surface area contributed by atoms with Gasteiger partial charge in [0, 0.05) is 68.5 Å². The van der Waals surface area contributed by atoms with Gasteiger partial charge in [-0.3, -0.25) is 9.36 Å². The van der Waals surface area contributed by atoms with Gasteiger partial charge in [-0.1, -0.05) is 24.3 Å². The predicted octanol–water partition coefficient (Wildman–Crippen LogP) is 2.69. The van der Waals surface area contributed by atoms with Crippen molar-refractivity contribution in [3.05, 3.63) is 52.4 Å². The number of hydrogen-bond acceptors (Lipinski definition) is 8. The lowest BCUT2D eigenvalue weighted by molar-refractivity contribution is 0.0414. The van der Waals surface area contributed by atoms with E-state index in [9.17, 15) is 18.0 Å². The maximum atomic E-state index is 14.1. The van der Waals surface area contributed by atoms with Crippen LogP contribution in [0.15, 0.2) is 41.3 Å². The average molecular weight is 610 g/mol. The SMILES string of the molecule is Cc1ccccc1-c1cc2cnc(NC3CCN(C(=O)N4CCOCC4)CC3)nc2n(C2CCN(S(C)(=O)=O)CC2)c1=O. The van der Waals surface area contributed by atoms with Crippen molar-refractivity contribution in [3.63, 3.8) is 0 Å². The molecule has 3 aliphatic rings. The number of rotatable bonds is 5. The van der Waals surface area contributed by atoms with E-state index in [2.05, 4.69) is 10.3 Å². The first-order valence-electron chi connectivity index (χ1n) is 15.0. The Labute approximate surface area is 251 Å². The highest BCUT2D eigenvalue weighted by molar-refractivity contribution is 7.88. The van der Waals surface area contributed by atoms with E-state index in [1.165, 1.54) is 10.6 Å². The van der Waals surface area contributed by atoms with Crippen molar-refractivity contribution in [1.29, 1.82) is 0 Å². The van der Waals surface area contributed by atoms with E-state index in [1.54, 1.807) is 10.8 Å². The average Bonchev–Trinajstić information content (AvgIpc) is 3.01. The number of piperidine rings is 2. The van der Waals surface area contributed by atoms with Gasteiger partial charge in [-0.25, -0.2) is 22.5 Å². The summed E-state index contributed by atoms with van der Waals surface area (Å²) in [6.45, 7) is 6.39. The molecule has 3 aromatic rings. The molecule has 6 rings (SSSR count). The lowest BCUT2D eigenvalue weighted by Gasteiger charge is -2.37. The molecule has 1 N–H and O–H groups in total. The lowest BCUT2D eigenvalue weighted by Crippen LogP contribution is -2.51. The van der Waals surface area contributed by atoms with Gasteiger partial charge in [0.2, 0.25) is 16.0 Å². The largest absolute Gasteiger partial charge is 0.378 e. The Morgan fingerprint density at radius 3 is 2.30 bits per heavy atom. The zero-order chi connectivity index (χ0) is 30.1. The number of urea groups is 1. The van der Waals surface area contributed by atoms with Crippen LogP contribution in [0.3, 0.4) is 0 Å². The van der Waals surface area contributed by atoms with Crippen LogP contribution in [0.25, 0.3) is 22.2 Å². The number of anilines is 1. The fourth-order valence-corrected chi connectivity index (χ4v) is 7.25. The summed E-state index contributed by atoms with van der Waals surface area (Å²) in [6.07, 6.45) is 5.54. The predicted molar refractivity (Wildman–Crippen MR) is 165 cm³/mol. The van der Waals surface area contributed by atoms with Gasteiger partial charge in [0.25, 0.3) is 5.56 Å². The molecular weight excluding hydrogens is 570 g/mol. The van der Waals surface area contributed by atoms with Crippen LogP contribution in [-0.2, 0) is 14.8 Å². The van der Waals surface area contributed by atoms with Crippen molar-refractivity contribution in [2.75, 3.05) is 64.1 Å². The van der Waals surface area contributed by atoms with E-state index in [0.29, 0.717) is 82.5 Å². The number of sulfonamides is 1. The fourth-order valence-electron chi connectivity index (χ4n) is 6.38. The van der Waals surface area contributed by atoms with Crippen LogP contribution in [0.1, 0.15) is 37.3 Å². The van der Waals surface area contributed by atoms with Crippen molar-refractivity contribution in [1.82, 2.24) is 28.6 Å². The van der Waals surface area contributed by atoms with E-state index in [1.807, 2.05) is 47.1 Å². The molecule has 13 heteroatoms. The number of nitrogens with zero attached hydrogens (tertiary/aromatic N) is 6. The molecule has 0 spiro atoms. The van der Waals surface area contributed by atoms with Gasteiger partial charge in [-0.05, 0) is 49.8 Å². The number of hydrogen-bond donors (Lipinski definition) is 1. The molecule has 230 valence electrons. The normalized spacial score (nSPS) is 19.6. The number of morpholine rings is 1. The summed E-state index contributed by atoms with van der Waals surface area (Å²) in [5.41, 5.74) is 2.84. The van der Waals surface area contributed by atoms with E-state index in [0.717, 1.165) is 29.4 Å². The third-order valence-electron chi connectivity index (χ3n) is 8.85. The Morgan fingerprint density at radius 1 is 0.953 bits per heavy atom. The van der Waals surface area contributed by atoms with Crippen LogP contribution < -0.4 is 10.9 Å². The zero-order valence-corrected chi connectivity index (χ0v) is 25.6. The second-order valence-corrected chi connectivity index (χ2v) is 13.7. The monoisotopic (exact) mass is 609 g/mol. The van der Waals surface area contributed by atoms with Gasteiger partial charge in [-0.2, -0.15) is 4.98 Å². The molecule has 2 aromatic heterocycles. The molecule has 0 aliphatic carbocycles. The number of carbonyl (C=O) groups is 1. The summed E-state index contributed by atoms with van der Waals surface area (Å²) in [6, 6.07) is 9.62. The number of amides is 2. The maximum absolute atomic E-state index is 14.1. The summed E-state index contributed by atoms with van der Waals surface area (Å²) in [5.74, 6) is 0.441. The second kappa shape index (κ2) is 12.2. The van der Waals surface area contributed by atoms with Crippen molar-refractivity contribution in [2.24, 2.45) is 0 Å². The van der Waals surface area contributed by atoms with Crippen LogP contribution in [0.5, 0.6) is 0 Å². The summed E-state index contributed by atoms with van der Waals surface area (Å²) in [7, 11) is -3.30. The Kier molecular flexibility index (Phi) is 8.38. The molecule has 12 nitrogen and oxygen atoms in total. The first-order valence-corrected chi connectivity index (χ1v) is 16.9. The fraction of sp³-hybridized carbons (Fsp3) is 0.533. The molecule has 0 bridgehead atoms. The van der Waals surface area contributed by atoms with E-state index >= 15 is 0 Å². The number of ether oxygens (including phenoxy) is 1. The van der Waals surface area contributed by atoms with Crippen molar-refractivity contribution in [2.45, 2.75) is 44.7 Å². The molecule has 43 heavy (non-hydrogen) atoms. The van der Waals surface area contributed by atoms with Crippen LogP contribution in [0, 0.1) is 6.92 Å². The number of nitrogens with one attached hydrogen (secondary N) is 1. The molecule has 3 fully saturated rings. The second-order valence-electron chi connectivity index (χ2n) is 11.7. The van der Waals surface area contributed by atoms with Crippen LogP contribution in [0.2, 0.25) is 0 Å². The Hall–Kier alpha value is -3.55. The molecule has 5 heterocycles. The summed E-state index contributed by atoms with van der Waals surface area (Å²) < 4.78 is 32.9. The molecule has 3 aliphatic heterocycles. The van der Waals surface area contributed by atoms with Gasteiger partial charge in [0.15, 0.2) is 0 Å². The molecule has 0 unspecified atom stereocenters. The molecule has 0 saturated carbocycles. The van der Waals surface area contributed by atoms with Crippen molar-refractivity contribution < 1.29 is 17.9 Å². The van der Waals surface area contributed by atoms with E-state index < -0.39 is 10.0 Å². The van der Waals surface area contributed by atoms with E-state index in [-0.39, 0.29) is 23.7 Å². The summed E-state index contributed by atoms with van der Waals surface area (Å²) in [5, 5.41) is 4.20. The molecular formula is C30H39N7O5S.